The third-order valence-electron chi connectivity index (χ3n) is 5.17. The Morgan fingerprint density at radius 2 is 2.03 bits per heavy atom. The molecular formula is C23H23N3O4S. The molecule has 0 bridgehead atoms. The lowest BCUT2D eigenvalue weighted by Gasteiger charge is -2.12. The van der Waals surface area contributed by atoms with Crippen molar-refractivity contribution in [3.8, 4) is 5.69 Å². The van der Waals surface area contributed by atoms with Crippen molar-refractivity contribution >= 4 is 28.2 Å². The van der Waals surface area contributed by atoms with Crippen molar-refractivity contribution in [3.63, 3.8) is 0 Å². The Balaban J connectivity index is 1.69. The lowest BCUT2D eigenvalue weighted by molar-refractivity contribution is 0.0526. The summed E-state index contributed by atoms with van der Waals surface area (Å²) in [4.78, 5) is 39.1. The molecule has 0 radical (unpaired) electrons. The van der Waals surface area contributed by atoms with Gasteiger partial charge >= 0.3 is 5.97 Å². The van der Waals surface area contributed by atoms with Gasteiger partial charge in [-0.25, -0.2) is 9.48 Å². The Bertz CT molecular complexity index is 1210. The Morgan fingerprint density at radius 3 is 2.81 bits per heavy atom. The lowest BCUT2D eigenvalue weighted by atomic mass is 9.95. The number of rotatable bonds is 5. The zero-order chi connectivity index (χ0) is 22.0. The van der Waals surface area contributed by atoms with Gasteiger partial charge < -0.3 is 10.1 Å². The third-order valence-corrected chi connectivity index (χ3v) is 6.37. The van der Waals surface area contributed by atoms with Crippen LogP contribution in [0.15, 0.2) is 41.3 Å². The first-order chi connectivity index (χ1) is 15.0. The molecule has 4 rings (SSSR count). The lowest BCUT2D eigenvalue weighted by Crippen LogP contribution is -2.26. The molecule has 1 N–H and O–H groups in total. The van der Waals surface area contributed by atoms with E-state index in [9.17, 15) is 14.4 Å². The fourth-order valence-corrected chi connectivity index (χ4v) is 4.99. The Labute approximate surface area is 183 Å². The summed E-state index contributed by atoms with van der Waals surface area (Å²) in [6.45, 7) is 3.95. The van der Waals surface area contributed by atoms with E-state index in [1.165, 1.54) is 28.3 Å². The zero-order valence-electron chi connectivity index (χ0n) is 17.4. The molecule has 0 spiro atoms. The van der Waals surface area contributed by atoms with Crippen LogP contribution in [0.3, 0.4) is 0 Å². The number of aryl methyl sites for hydroxylation is 2. The van der Waals surface area contributed by atoms with Crippen LogP contribution < -0.4 is 10.7 Å². The molecule has 1 aromatic carbocycles. The number of amides is 1. The smallest absolute Gasteiger partial charge is 0.341 e. The number of carbonyl (C=O) groups is 2. The fraction of sp³-hybridized carbons (Fsp3) is 0.304. The van der Waals surface area contributed by atoms with E-state index in [1.807, 2.05) is 31.2 Å². The summed E-state index contributed by atoms with van der Waals surface area (Å²) in [7, 11) is 0. The molecule has 2 aromatic heterocycles. The van der Waals surface area contributed by atoms with Crippen molar-refractivity contribution in [2.24, 2.45) is 0 Å². The number of nitrogens with one attached hydrogen (secondary N) is 1. The SMILES string of the molecule is CCOC(=O)c1c(NC(=O)c2nn(-c3cccc(C)c3)ccc2=O)sc2c1CCCC2. The van der Waals surface area contributed by atoms with E-state index in [0.29, 0.717) is 10.6 Å². The van der Waals surface area contributed by atoms with Crippen LogP contribution in [0.1, 0.15) is 56.6 Å². The Kier molecular flexibility index (Phi) is 5.99. The number of thiophene rings is 1. The standard InChI is InChI=1S/C23H23N3O4S/c1-3-30-23(29)19-16-9-4-5-10-18(16)31-22(19)24-21(28)20-17(27)11-12-26(25-20)15-8-6-7-14(2)13-15/h6-8,11-13H,3-5,9-10H2,1-2H3,(H,24,28). The normalized spacial score (nSPS) is 12.8. The molecule has 1 amide bonds. The highest BCUT2D eigenvalue weighted by atomic mass is 32.1. The summed E-state index contributed by atoms with van der Waals surface area (Å²) >= 11 is 1.38. The zero-order valence-corrected chi connectivity index (χ0v) is 18.3. The molecular weight excluding hydrogens is 414 g/mol. The quantitative estimate of drug-likeness (QED) is 0.611. The second kappa shape index (κ2) is 8.85. The van der Waals surface area contributed by atoms with Gasteiger partial charge in [-0.15, -0.1) is 11.3 Å². The van der Waals surface area contributed by atoms with Crippen LogP contribution in [-0.2, 0) is 17.6 Å². The first-order valence-electron chi connectivity index (χ1n) is 10.3. The highest BCUT2D eigenvalue weighted by Gasteiger charge is 2.28. The summed E-state index contributed by atoms with van der Waals surface area (Å²) in [5.74, 6) is -1.09. The van der Waals surface area contributed by atoms with Crippen LogP contribution in [0.4, 0.5) is 5.00 Å². The molecule has 0 atom stereocenters. The van der Waals surface area contributed by atoms with Crippen LogP contribution in [0, 0.1) is 6.92 Å². The van der Waals surface area contributed by atoms with Gasteiger partial charge in [0.15, 0.2) is 5.69 Å². The average Bonchev–Trinajstić information content (AvgIpc) is 3.12. The van der Waals surface area contributed by atoms with Crippen molar-refractivity contribution in [1.29, 1.82) is 0 Å². The second-order valence-corrected chi connectivity index (χ2v) is 8.51. The molecule has 7 nitrogen and oxygen atoms in total. The number of hydrogen-bond acceptors (Lipinski definition) is 6. The van der Waals surface area contributed by atoms with Gasteiger partial charge in [-0.05, 0) is 62.8 Å². The van der Waals surface area contributed by atoms with Gasteiger partial charge in [-0.1, -0.05) is 12.1 Å². The van der Waals surface area contributed by atoms with E-state index < -0.39 is 17.3 Å². The average molecular weight is 438 g/mol. The summed E-state index contributed by atoms with van der Waals surface area (Å²) in [6.07, 6.45) is 5.21. The Morgan fingerprint density at radius 1 is 1.23 bits per heavy atom. The minimum absolute atomic E-state index is 0.231. The molecule has 0 fully saturated rings. The summed E-state index contributed by atoms with van der Waals surface area (Å²) in [5.41, 5.74) is 2.42. The number of esters is 1. The van der Waals surface area contributed by atoms with Crippen LogP contribution in [0.25, 0.3) is 5.69 Å². The minimum atomic E-state index is -0.642. The number of benzene rings is 1. The number of fused-ring (bicyclic) bond motifs is 1. The van der Waals surface area contributed by atoms with Crippen molar-refractivity contribution < 1.29 is 14.3 Å². The van der Waals surface area contributed by atoms with Crippen LogP contribution in [0.5, 0.6) is 0 Å². The summed E-state index contributed by atoms with van der Waals surface area (Å²) in [6, 6.07) is 8.90. The van der Waals surface area contributed by atoms with Gasteiger partial charge in [-0.3, -0.25) is 9.59 Å². The van der Waals surface area contributed by atoms with E-state index in [-0.39, 0.29) is 12.3 Å². The molecule has 0 unspecified atom stereocenters. The Hall–Kier alpha value is -3.26. The predicted molar refractivity (Wildman–Crippen MR) is 119 cm³/mol. The van der Waals surface area contributed by atoms with E-state index in [0.717, 1.165) is 47.4 Å². The largest absolute Gasteiger partial charge is 0.462 e. The fourth-order valence-electron chi connectivity index (χ4n) is 3.71. The topological polar surface area (TPSA) is 90.3 Å². The molecule has 31 heavy (non-hydrogen) atoms. The molecule has 0 saturated heterocycles. The van der Waals surface area contributed by atoms with Crippen LogP contribution in [-0.4, -0.2) is 28.3 Å². The third kappa shape index (κ3) is 4.29. The molecule has 8 heteroatoms. The maximum Gasteiger partial charge on any atom is 0.341 e. The van der Waals surface area contributed by atoms with Crippen molar-refractivity contribution in [1.82, 2.24) is 9.78 Å². The number of anilines is 1. The van der Waals surface area contributed by atoms with E-state index in [4.69, 9.17) is 4.74 Å². The van der Waals surface area contributed by atoms with Gasteiger partial charge in [0.2, 0.25) is 5.43 Å². The summed E-state index contributed by atoms with van der Waals surface area (Å²) < 4.78 is 6.72. The molecule has 1 aliphatic rings. The van der Waals surface area contributed by atoms with E-state index in [2.05, 4.69) is 10.4 Å². The second-order valence-electron chi connectivity index (χ2n) is 7.40. The maximum absolute atomic E-state index is 13.0. The minimum Gasteiger partial charge on any atom is -0.462 e. The maximum atomic E-state index is 13.0. The van der Waals surface area contributed by atoms with Gasteiger partial charge in [-0.2, -0.15) is 5.10 Å². The number of nitrogens with zero attached hydrogens (tertiary/aromatic N) is 2. The monoisotopic (exact) mass is 437 g/mol. The molecule has 2 heterocycles. The van der Waals surface area contributed by atoms with Gasteiger partial charge in [0, 0.05) is 17.1 Å². The van der Waals surface area contributed by atoms with E-state index in [1.54, 1.807) is 6.92 Å². The van der Waals surface area contributed by atoms with Crippen molar-refractivity contribution in [2.75, 3.05) is 11.9 Å². The number of carbonyl (C=O) groups excluding carboxylic acids is 2. The highest BCUT2D eigenvalue weighted by molar-refractivity contribution is 7.17. The molecule has 0 saturated carbocycles. The number of hydrogen-bond donors (Lipinski definition) is 1. The van der Waals surface area contributed by atoms with Gasteiger partial charge in [0.25, 0.3) is 5.91 Å². The number of aromatic nitrogens is 2. The molecule has 0 aliphatic heterocycles. The highest BCUT2D eigenvalue weighted by Crippen LogP contribution is 2.38. The van der Waals surface area contributed by atoms with Gasteiger partial charge in [0.1, 0.15) is 5.00 Å². The van der Waals surface area contributed by atoms with Crippen LogP contribution >= 0.6 is 11.3 Å². The van der Waals surface area contributed by atoms with Crippen LogP contribution in [0.2, 0.25) is 0 Å². The first kappa shape index (κ1) is 21.0. The molecule has 160 valence electrons. The predicted octanol–water partition coefficient (Wildman–Crippen LogP) is 3.91. The van der Waals surface area contributed by atoms with Gasteiger partial charge in [0.05, 0.1) is 17.9 Å². The molecule has 3 aromatic rings. The first-order valence-corrected chi connectivity index (χ1v) is 11.1. The molecule has 1 aliphatic carbocycles. The van der Waals surface area contributed by atoms with Crippen molar-refractivity contribution in [3.05, 3.63) is 74.0 Å². The van der Waals surface area contributed by atoms with Crippen molar-refractivity contribution in [2.45, 2.75) is 39.5 Å². The van der Waals surface area contributed by atoms with E-state index >= 15 is 0 Å². The summed E-state index contributed by atoms with van der Waals surface area (Å²) in [5, 5.41) is 7.43. The number of ether oxygens (including phenoxy) is 1.